The number of hydrogen-bond donors (Lipinski definition) is 0. The number of fused-ring (bicyclic) bond motifs is 10. The van der Waals surface area contributed by atoms with Crippen molar-refractivity contribution in [2.75, 3.05) is 0 Å². The van der Waals surface area contributed by atoms with Crippen molar-refractivity contribution in [2.24, 2.45) is 16.8 Å². The Kier molecular flexibility index (Phi) is 8.18. The Labute approximate surface area is 352 Å². The molecule has 3 unspecified atom stereocenters. The highest BCUT2D eigenvalue weighted by atomic mass is 32.1. The average molecular weight is 791 g/mol. The number of nitrogens with zero attached hydrogens (tertiary/aromatic N) is 2. The van der Waals surface area contributed by atoms with E-state index in [0.29, 0.717) is 0 Å². The van der Waals surface area contributed by atoms with Crippen LogP contribution in [0.4, 0.5) is 0 Å². The molecule has 12 rings (SSSR count). The van der Waals surface area contributed by atoms with E-state index in [2.05, 4.69) is 194 Å². The van der Waals surface area contributed by atoms with Crippen LogP contribution in [0, 0.1) is 11.8 Å². The maximum atomic E-state index is 6.85. The maximum absolute atomic E-state index is 6.85. The predicted molar refractivity (Wildman–Crippen MR) is 256 cm³/mol. The van der Waals surface area contributed by atoms with E-state index >= 15 is 0 Å². The fraction of sp³-hybridized carbons (Fsp3) is 0.125. The van der Waals surface area contributed by atoms with Gasteiger partial charge in [0.1, 0.15) is 11.2 Å². The predicted octanol–water partition coefficient (Wildman–Crippen LogP) is 15.9. The molecule has 1 aliphatic heterocycles. The van der Waals surface area contributed by atoms with Crippen LogP contribution in [0.15, 0.2) is 185 Å². The summed E-state index contributed by atoms with van der Waals surface area (Å²) in [5.41, 5.74) is 11.4. The molecular formula is C56H42N2OS. The Balaban J connectivity index is 1.16. The van der Waals surface area contributed by atoms with Gasteiger partial charge < -0.3 is 8.98 Å². The molecule has 4 heteroatoms. The number of aliphatic imine (C=N–C) groups is 1. The highest BCUT2D eigenvalue weighted by Crippen LogP contribution is 2.48. The molecule has 11 aromatic rings. The van der Waals surface area contributed by atoms with Crippen molar-refractivity contribution >= 4 is 97.3 Å². The largest absolute Gasteiger partial charge is 0.456 e. The van der Waals surface area contributed by atoms with Gasteiger partial charge in [0.15, 0.2) is 0 Å². The van der Waals surface area contributed by atoms with Crippen LogP contribution in [-0.4, -0.2) is 10.3 Å². The number of thiophene rings is 1. The van der Waals surface area contributed by atoms with Crippen molar-refractivity contribution in [3.8, 4) is 5.69 Å². The van der Waals surface area contributed by atoms with E-state index < -0.39 is 0 Å². The van der Waals surface area contributed by atoms with Gasteiger partial charge in [-0.1, -0.05) is 147 Å². The molecule has 0 spiro atoms. The van der Waals surface area contributed by atoms with Crippen molar-refractivity contribution in [2.45, 2.75) is 32.7 Å². The molecule has 0 bridgehead atoms. The van der Waals surface area contributed by atoms with Gasteiger partial charge in [0.2, 0.25) is 0 Å². The molecule has 0 N–H and O–H groups in total. The molecule has 60 heavy (non-hydrogen) atoms. The number of benzene rings is 8. The molecular weight excluding hydrogens is 749 g/mol. The van der Waals surface area contributed by atoms with Crippen molar-refractivity contribution in [1.29, 1.82) is 0 Å². The lowest BCUT2D eigenvalue weighted by atomic mass is 9.78. The molecule has 0 saturated carbocycles. The number of allylic oxidation sites excluding steroid dienone is 1. The third-order valence-corrected chi connectivity index (χ3v) is 14.3. The first kappa shape index (κ1) is 35.2. The summed E-state index contributed by atoms with van der Waals surface area (Å²) in [7, 11) is 0. The van der Waals surface area contributed by atoms with Crippen molar-refractivity contribution in [3.05, 3.63) is 193 Å². The van der Waals surface area contributed by atoms with E-state index in [0.717, 1.165) is 51.7 Å². The summed E-state index contributed by atoms with van der Waals surface area (Å²) in [6.07, 6.45) is 4.37. The topological polar surface area (TPSA) is 30.4 Å². The molecule has 0 aliphatic carbocycles. The van der Waals surface area contributed by atoms with Crippen molar-refractivity contribution < 1.29 is 4.42 Å². The minimum atomic E-state index is -0.118. The van der Waals surface area contributed by atoms with E-state index in [4.69, 9.17) is 9.41 Å². The van der Waals surface area contributed by atoms with E-state index in [1.807, 2.05) is 11.3 Å². The summed E-state index contributed by atoms with van der Waals surface area (Å²) < 4.78 is 11.9. The highest BCUT2D eigenvalue weighted by molar-refractivity contribution is 7.26. The zero-order valence-corrected chi connectivity index (χ0v) is 34.4. The van der Waals surface area contributed by atoms with Gasteiger partial charge in [0.25, 0.3) is 0 Å². The van der Waals surface area contributed by atoms with E-state index in [-0.39, 0.29) is 17.9 Å². The summed E-state index contributed by atoms with van der Waals surface area (Å²) in [6.45, 7) is 4.71. The van der Waals surface area contributed by atoms with Crippen LogP contribution in [0.3, 0.4) is 0 Å². The smallest absolute Gasteiger partial charge is 0.138 e. The molecule has 0 fully saturated rings. The first-order valence-corrected chi connectivity index (χ1v) is 22.1. The van der Waals surface area contributed by atoms with Crippen molar-refractivity contribution in [1.82, 2.24) is 4.57 Å². The number of hydrogen-bond acceptors (Lipinski definition) is 3. The highest BCUT2D eigenvalue weighted by Gasteiger charge is 2.32. The van der Waals surface area contributed by atoms with Crippen LogP contribution < -0.4 is 0 Å². The molecule has 3 aromatic heterocycles. The first-order valence-electron chi connectivity index (χ1n) is 21.2. The molecule has 288 valence electrons. The number of para-hydroxylation sites is 2. The molecule has 3 nitrogen and oxygen atoms in total. The van der Waals surface area contributed by atoms with Gasteiger partial charge in [0, 0.05) is 70.9 Å². The van der Waals surface area contributed by atoms with Gasteiger partial charge >= 0.3 is 0 Å². The molecule has 1 aliphatic rings. The lowest BCUT2D eigenvalue weighted by molar-refractivity contribution is 0.517. The van der Waals surface area contributed by atoms with Crippen LogP contribution in [-0.2, 0) is 0 Å². The monoisotopic (exact) mass is 790 g/mol. The van der Waals surface area contributed by atoms with E-state index in [1.54, 1.807) is 0 Å². The first-order chi connectivity index (χ1) is 29.6. The van der Waals surface area contributed by atoms with E-state index in [1.165, 1.54) is 69.5 Å². The SMILES string of the molecule is CCC1/C(c2ccccc2)=C/CC(C)C(c2cc(-n3c4ccccc4c4cc5ccccc5cc43)cc3oc4ccccc4c23)=NC1c1cccc2c1sc1ccccc12. The standard InChI is InChI=1S/C56H42N2OS/c1-3-39-40(35-16-5-4-6-17-35)29-28-34(2)54(57-55(39)45-24-15-23-43-42-21-11-14-27-52(42)60-56(43)45)47-32-38(33-51-53(47)44-22-10-13-26-50(44)59-51)58-48-25-12-9-20-41(48)46-30-36-18-7-8-19-37(36)31-49(46)58/h4-27,29-34,39,55H,3,28H2,1-2H3/b40-29+,57-54?. The van der Waals surface area contributed by atoms with Crippen molar-refractivity contribution in [3.63, 3.8) is 0 Å². The van der Waals surface area contributed by atoms with Gasteiger partial charge in [-0.15, -0.1) is 11.3 Å². The molecule has 0 amide bonds. The van der Waals surface area contributed by atoms with Crippen LogP contribution in [0.1, 0.15) is 49.4 Å². The quantitative estimate of drug-likeness (QED) is 0.171. The lowest BCUT2D eigenvalue weighted by Gasteiger charge is -2.31. The summed E-state index contributed by atoms with van der Waals surface area (Å²) in [5.74, 6) is 0.288. The van der Waals surface area contributed by atoms with E-state index in [9.17, 15) is 0 Å². The minimum Gasteiger partial charge on any atom is -0.456 e. The minimum absolute atomic E-state index is 0.118. The molecule has 3 atom stereocenters. The zero-order valence-electron chi connectivity index (χ0n) is 33.6. The van der Waals surface area contributed by atoms with Crippen LogP contribution in [0.2, 0.25) is 0 Å². The Morgan fingerprint density at radius 1 is 0.633 bits per heavy atom. The van der Waals surface area contributed by atoms with Gasteiger partial charge in [-0.25, -0.2) is 0 Å². The summed E-state index contributed by atoms with van der Waals surface area (Å²) >= 11 is 1.90. The van der Waals surface area contributed by atoms with Crippen LogP contribution in [0.25, 0.3) is 85.9 Å². The number of rotatable bonds is 5. The third-order valence-electron chi connectivity index (χ3n) is 13.1. The number of aromatic nitrogens is 1. The Morgan fingerprint density at radius 3 is 2.20 bits per heavy atom. The fourth-order valence-electron chi connectivity index (χ4n) is 10.2. The second-order valence-electron chi connectivity index (χ2n) is 16.5. The summed E-state index contributed by atoms with van der Waals surface area (Å²) in [4.78, 5) is 6.16. The second kappa shape index (κ2) is 13.9. The Hall–Kier alpha value is -6.75. The van der Waals surface area contributed by atoms with Crippen LogP contribution in [0.5, 0.6) is 0 Å². The Morgan fingerprint density at radius 2 is 1.35 bits per heavy atom. The Bertz CT molecular complexity index is 3540. The van der Waals surface area contributed by atoms with Gasteiger partial charge in [-0.3, -0.25) is 4.99 Å². The molecule has 0 saturated heterocycles. The normalized spacial score (nSPS) is 18.4. The fourth-order valence-corrected chi connectivity index (χ4v) is 11.5. The molecule has 0 radical (unpaired) electrons. The average Bonchev–Trinajstić information content (AvgIpc) is 3.96. The summed E-state index contributed by atoms with van der Waals surface area (Å²) in [5, 5.41) is 9.82. The molecule has 4 heterocycles. The maximum Gasteiger partial charge on any atom is 0.138 e. The second-order valence-corrected chi connectivity index (χ2v) is 17.5. The zero-order chi connectivity index (χ0) is 39.9. The van der Waals surface area contributed by atoms with Gasteiger partial charge in [0.05, 0.1) is 22.8 Å². The third kappa shape index (κ3) is 5.44. The number of furan rings is 1. The summed E-state index contributed by atoms with van der Waals surface area (Å²) in [6, 6.07) is 62.0. The van der Waals surface area contributed by atoms with Gasteiger partial charge in [-0.2, -0.15) is 0 Å². The van der Waals surface area contributed by atoms with Crippen LogP contribution >= 0.6 is 11.3 Å². The molecule has 8 aromatic carbocycles. The van der Waals surface area contributed by atoms with Gasteiger partial charge in [-0.05, 0) is 76.7 Å². The lowest BCUT2D eigenvalue weighted by Crippen LogP contribution is -2.22.